The van der Waals surface area contributed by atoms with Crippen molar-refractivity contribution in [1.29, 1.82) is 0 Å². The SMILES string of the molecule is O=C(Nc1ccc(Cl)c(S(=O)(=O)[C@H]2CCCNC2)c1O)N[C@H]1CCCc2cc(C(F)(F)F)oc21. The Labute approximate surface area is 198 Å². The van der Waals surface area contributed by atoms with Gasteiger partial charge in [-0.2, -0.15) is 13.2 Å². The second-order valence-corrected chi connectivity index (χ2v) is 10.9. The zero-order chi connectivity index (χ0) is 24.7. The van der Waals surface area contributed by atoms with Gasteiger partial charge in [0.25, 0.3) is 0 Å². The fourth-order valence-corrected chi connectivity index (χ4v) is 6.67. The van der Waals surface area contributed by atoms with Gasteiger partial charge in [-0.3, -0.25) is 0 Å². The highest BCUT2D eigenvalue weighted by Crippen LogP contribution is 2.41. The molecule has 0 unspecified atom stereocenters. The summed E-state index contributed by atoms with van der Waals surface area (Å²) in [6.45, 7) is 0.903. The number of hydrogen-bond acceptors (Lipinski definition) is 6. The summed E-state index contributed by atoms with van der Waals surface area (Å²) in [6, 6.07) is 1.77. The first-order valence-corrected chi connectivity index (χ1v) is 12.6. The van der Waals surface area contributed by atoms with Gasteiger partial charge in [0.1, 0.15) is 10.7 Å². The molecule has 2 heterocycles. The summed E-state index contributed by atoms with van der Waals surface area (Å²) in [5, 5.41) is 17.6. The molecular formula is C21H23ClF3N3O5S. The second kappa shape index (κ2) is 9.31. The van der Waals surface area contributed by atoms with E-state index in [0.717, 1.165) is 6.07 Å². The van der Waals surface area contributed by atoms with Crippen LogP contribution in [0.15, 0.2) is 27.5 Å². The molecule has 0 spiro atoms. The molecule has 0 radical (unpaired) electrons. The number of benzene rings is 1. The molecule has 13 heteroatoms. The number of phenolic OH excluding ortho intramolecular Hbond substituents is 1. The van der Waals surface area contributed by atoms with Crippen LogP contribution in [0.2, 0.25) is 5.02 Å². The van der Waals surface area contributed by atoms with Crippen LogP contribution in [-0.2, 0) is 22.4 Å². The first-order valence-electron chi connectivity index (χ1n) is 10.7. The largest absolute Gasteiger partial charge is 0.504 e. The standard InChI is InChI=1S/C21H23ClF3N3O5S/c22-13-6-7-14(17(29)19(13)34(31,32)12-4-2-8-26-10-12)27-20(30)28-15-5-1-3-11-9-16(21(23,24)25)33-18(11)15/h6-7,9,12,15,26,29H,1-5,8,10H2,(H2,27,28,30)/t12-,15-/m0/s1. The Kier molecular flexibility index (Phi) is 6.76. The van der Waals surface area contributed by atoms with Crippen LogP contribution in [0.25, 0.3) is 0 Å². The van der Waals surface area contributed by atoms with Crippen molar-refractivity contribution >= 4 is 33.2 Å². The van der Waals surface area contributed by atoms with Crippen LogP contribution < -0.4 is 16.0 Å². The van der Waals surface area contributed by atoms with E-state index >= 15 is 0 Å². The van der Waals surface area contributed by atoms with Gasteiger partial charge >= 0.3 is 12.2 Å². The van der Waals surface area contributed by atoms with E-state index in [4.69, 9.17) is 16.0 Å². The molecule has 1 fully saturated rings. The van der Waals surface area contributed by atoms with E-state index in [1.165, 1.54) is 12.1 Å². The lowest BCUT2D eigenvalue weighted by molar-refractivity contribution is -0.153. The summed E-state index contributed by atoms with van der Waals surface area (Å²) in [6.07, 6.45) is -2.31. The van der Waals surface area contributed by atoms with Gasteiger partial charge in [-0.15, -0.1) is 0 Å². The highest BCUT2D eigenvalue weighted by molar-refractivity contribution is 7.92. The zero-order valence-electron chi connectivity index (χ0n) is 17.8. The van der Waals surface area contributed by atoms with Crippen LogP contribution in [0, 0.1) is 0 Å². The maximum absolute atomic E-state index is 13.1. The Morgan fingerprint density at radius 2 is 2.00 bits per heavy atom. The Balaban J connectivity index is 1.54. The number of nitrogens with one attached hydrogen (secondary N) is 3. The highest BCUT2D eigenvalue weighted by atomic mass is 35.5. The number of aryl methyl sites for hydroxylation is 1. The predicted molar refractivity (Wildman–Crippen MR) is 118 cm³/mol. The summed E-state index contributed by atoms with van der Waals surface area (Å²) >= 11 is 6.10. The normalized spacial score (nSPS) is 21.1. The first-order chi connectivity index (χ1) is 16.0. The minimum atomic E-state index is -4.64. The number of fused-ring (bicyclic) bond motifs is 1. The number of alkyl halides is 3. The molecule has 1 aromatic heterocycles. The number of carbonyl (C=O) groups is 1. The fraction of sp³-hybridized carbons (Fsp3) is 0.476. The molecule has 0 saturated carbocycles. The van der Waals surface area contributed by atoms with Crippen LogP contribution in [0.1, 0.15) is 48.8 Å². The summed E-state index contributed by atoms with van der Waals surface area (Å²) in [5.41, 5.74) is 0.170. The number of piperidine rings is 1. The number of hydrogen-bond donors (Lipinski definition) is 4. The lowest BCUT2D eigenvalue weighted by Gasteiger charge is -2.24. The van der Waals surface area contributed by atoms with Gasteiger partial charge in [0.2, 0.25) is 5.76 Å². The molecule has 4 N–H and O–H groups in total. The van der Waals surface area contributed by atoms with E-state index in [0.29, 0.717) is 44.2 Å². The van der Waals surface area contributed by atoms with E-state index in [2.05, 4.69) is 16.0 Å². The molecule has 2 aromatic rings. The van der Waals surface area contributed by atoms with E-state index in [1.54, 1.807) is 0 Å². The Morgan fingerprint density at radius 1 is 1.24 bits per heavy atom. The molecule has 186 valence electrons. The van der Waals surface area contributed by atoms with Gasteiger partial charge in [-0.05, 0) is 62.4 Å². The maximum atomic E-state index is 13.1. The summed E-state index contributed by atoms with van der Waals surface area (Å²) < 4.78 is 70.2. The lowest BCUT2D eigenvalue weighted by atomic mass is 9.94. The molecule has 1 saturated heterocycles. The molecule has 1 aliphatic carbocycles. The lowest BCUT2D eigenvalue weighted by Crippen LogP contribution is -2.39. The fourth-order valence-electron chi connectivity index (χ4n) is 4.32. The van der Waals surface area contributed by atoms with Gasteiger partial charge in [-0.1, -0.05) is 11.6 Å². The maximum Gasteiger partial charge on any atom is 0.449 e. The third-order valence-corrected chi connectivity index (χ3v) is 8.68. The molecule has 2 aliphatic rings. The van der Waals surface area contributed by atoms with Crippen molar-refractivity contribution in [2.45, 2.75) is 54.5 Å². The summed E-state index contributed by atoms with van der Waals surface area (Å²) in [7, 11) is -4.00. The quantitative estimate of drug-likeness (QED) is 0.443. The molecule has 8 nitrogen and oxygen atoms in total. The van der Waals surface area contributed by atoms with Crippen LogP contribution in [0.4, 0.5) is 23.7 Å². The van der Waals surface area contributed by atoms with E-state index in [1.807, 2.05) is 0 Å². The van der Waals surface area contributed by atoms with Crippen LogP contribution in [0.5, 0.6) is 5.75 Å². The van der Waals surface area contributed by atoms with E-state index < -0.39 is 49.7 Å². The number of phenols is 1. The van der Waals surface area contributed by atoms with Gasteiger partial charge in [0.15, 0.2) is 15.6 Å². The summed E-state index contributed by atoms with van der Waals surface area (Å²) in [5.74, 6) is -1.80. The van der Waals surface area contributed by atoms with Crippen molar-refractivity contribution in [3.63, 3.8) is 0 Å². The molecule has 2 atom stereocenters. The zero-order valence-corrected chi connectivity index (χ0v) is 19.4. The number of urea groups is 1. The van der Waals surface area contributed by atoms with Gasteiger partial charge < -0.3 is 25.5 Å². The van der Waals surface area contributed by atoms with Crippen molar-refractivity contribution in [1.82, 2.24) is 10.6 Å². The van der Waals surface area contributed by atoms with Crippen LogP contribution in [-0.4, -0.2) is 37.9 Å². The predicted octanol–water partition coefficient (Wildman–Crippen LogP) is 4.38. The molecule has 1 aliphatic heterocycles. The van der Waals surface area contributed by atoms with Crippen molar-refractivity contribution in [3.05, 3.63) is 40.3 Å². The second-order valence-electron chi connectivity index (χ2n) is 8.33. The Bertz CT molecular complexity index is 1190. The smallest absolute Gasteiger partial charge is 0.449 e. The number of sulfone groups is 1. The topological polar surface area (TPSA) is 121 Å². The van der Waals surface area contributed by atoms with Crippen LogP contribution in [0.3, 0.4) is 0 Å². The average Bonchev–Trinajstić information content (AvgIpc) is 3.22. The van der Waals surface area contributed by atoms with E-state index in [-0.39, 0.29) is 23.0 Å². The monoisotopic (exact) mass is 521 g/mol. The first kappa shape index (κ1) is 24.7. The van der Waals surface area contributed by atoms with Crippen LogP contribution >= 0.6 is 11.6 Å². The molecular weight excluding hydrogens is 499 g/mol. The number of furan rings is 1. The number of anilines is 1. The minimum absolute atomic E-state index is 0.0297. The number of carbonyl (C=O) groups excluding carboxylic acids is 1. The summed E-state index contributed by atoms with van der Waals surface area (Å²) in [4.78, 5) is 12.1. The van der Waals surface area contributed by atoms with Crippen molar-refractivity contribution < 1.29 is 35.9 Å². The third-order valence-electron chi connectivity index (χ3n) is 5.99. The molecule has 0 bridgehead atoms. The van der Waals surface area contributed by atoms with Crippen molar-refractivity contribution in [2.75, 3.05) is 18.4 Å². The van der Waals surface area contributed by atoms with Gasteiger partial charge in [0.05, 0.1) is 22.0 Å². The number of amides is 2. The average molecular weight is 522 g/mol. The molecule has 4 rings (SSSR count). The Hall–Kier alpha value is -2.44. The van der Waals surface area contributed by atoms with E-state index in [9.17, 15) is 31.5 Å². The molecule has 34 heavy (non-hydrogen) atoms. The van der Waals surface area contributed by atoms with Crippen molar-refractivity contribution in [2.24, 2.45) is 0 Å². The molecule has 2 amide bonds. The third kappa shape index (κ3) is 4.84. The van der Waals surface area contributed by atoms with Gasteiger partial charge in [0, 0.05) is 6.54 Å². The molecule has 1 aromatic carbocycles. The number of halogens is 4. The van der Waals surface area contributed by atoms with Gasteiger partial charge in [-0.25, -0.2) is 13.2 Å². The number of aromatic hydroxyl groups is 1. The van der Waals surface area contributed by atoms with Crippen molar-refractivity contribution in [3.8, 4) is 5.75 Å². The Morgan fingerprint density at radius 3 is 2.68 bits per heavy atom. The highest BCUT2D eigenvalue weighted by Gasteiger charge is 2.39. The number of rotatable bonds is 4. The minimum Gasteiger partial charge on any atom is -0.504 e.